The number of rotatable bonds is 4. The molecule has 8 heteroatoms. The molecule has 0 unspecified atom stereocenters. The Morgan fingerprint density at radius 2 is 1.96 bits per heavy atom. The van der Waals surface area contributed by atoms with Crippen LogP contribution in [0.25, 0.3) is 5.52 Å². The maximum Gasteiger partial charge on any atom is 0.292 e. The number of hydrogen-bond donors (Lipinski definition) is 2. The number of carbonyl (C=O) groups excluding carboxylic acids is 2. The van der Waals surface area contributed by atoms with Crippen LogP contribution in [-0.4, -0.2) is 27.2 Å². The van der Waals surface area contributed by atoms with Gasteiger partial charge in [0.1, 0.15) is 5.82 Å². The Balaban J connectivity index is 1.97. The van der Waals surface area contributed by atoms with E-state index in [4.69, 9.17) is 11.6 Å². The maximum atomic E-state index is 13.3. The standard InChI is InChI=1S/C18H16ClFN4O2/c1-10(2)21-17(25)15-14-5-3-4-8-24(14)16(23-15)18(26)22-11-6-7-13(20)12(19)9-11/h3-10H,1-2H3,(H,21,25)(H,22,26). The van der Waals surface area contributed by atoms with Gasteiger partial charge in [0.05, 0.1) is 10.5 Å². The molecule has 6 nitrogen and oxygen atoms in total. The molecule has 26 heavy (non-hydrogen) atoms. The quantitative estimate of drug-likeness (QED) is 0.733. The lowest BCUT2D eigenvalue weighted by atomic mass is 10.3. The summed E-state index contributed by atoms with van der Waals surface area (Å²) in [5, 5.41) is 5.26. The number of fused-ring (bicyclic) bond motifs is 1. The molecule has 0 spiro atoms. The number of benzene rings is 1. The van der Waals surface area contributed by atoms with Gasteiger partial charge in [-0.1, -0.05) is 17.7 Å². The van der Waals surface area contributed by atoms with Gasteiger partial charge in [-0.3, -0.25) is 14.0 Å². The zero-order valence-electron chi connectivity index (χ0n) is 14.1. The lowest BCUT2D eigenvalue weighted by Crippen LogP contribution is -2.30. The number of aromatic nitrogens is 2. The molecule has 2 N–H and O–H groups in total. The molecular formula is C18H16ClFN4O2. The fourth-order valence-corrected chi connectivity index (χ4v) is 2.64. The summed E-state index contributed by atoms with van der Waals surface area (Å²) in [5.41, 5.74) is 0.983. The Labute approximate surface area is 154 Å². The van der Waals surface area contributed by atoms with Crippen LogP contribution in [-0.2, 0) is 0 Å². The Hall–Kier alpha value is -2.93. The molecule has 0 saturated carbocycles. The fourth-order valence-electron chi connectivity index (χ4n) is 2.46. The van der Waals surface area contributed by atoms with Crippen LogP contribution < -0.4 is 10.6 Å². The lowest BCUT2D eigenvalue weighted by molar-refractivity contribution is 0.0940. The Kier molecular flexibility index (Phi) is 4.90. The summed E-state index contributed by atoms with van der Waals surface area (Å²) < 4.78 is 14.8. The van der Waals surface area contributed by atoms with Gasteiger partial charge in [-0.05, 0) is 44.2 Å². The van der Waals surface area contributed by atoms with Crippen molar-refractivity contribution >= 4 is 34.6 Å². The normalized spacial score (nSPS) is 11.0. The van der Waals surface area contributed by atoms with E-state index in [-0.39, 0.29) is 28.5 Å². The molecule has 0 aliphatic rings. The molecular weight excluding hydrogens is 359 g/mol. The molecule has 134 valence electrons. The third kappa shape index (κ3) is 3.52. The van der Waals surface area contributed by atoms with Crippen LogP contribution in [0, 0.1) is 5.82 Å². The van der Waals surface area contributed by atoms with Crippen molar-refractivity contribution in [2.24, 2.45) is 0 Å². The molecule has 0 radical (unpaired) electrons. The van der Waals surface area contributed by atoms with E-state index in [1.165, 1.54) is 16.5 Å². The molecule has 2 amide bonds. The van der Waals surface area contributed by atoms with Crippen molar-refractivity contribution in [1.29, 1.82) is 0 Å². The summed E-state index contributed by atoms with van der Waals surface area (Å²) in [4.78, 5) is 29.2. The number of nitrogens with zero attached hydrogens (tertiary/aromatic N) is 2. The molecule has 0 aliphatic heterocycles. The van der Waals surface area contributed by atoms with E-state index in [1.807, 2.05) is 13.8 Å². The number of hydrogen-bond acceptors (Lipinski definition) is 3. The highest BCUT2D eigenvalue weighted by atomic mass is 35.5. The molecule has 3 aromatic rings. The summed E-state index contributed by atoms with van der Waals surface area (Å²) in [6.07, 6.45) is 1.64. The molecule has 2 aromatic heterocycles. The monoisotopic (exact) mass is 374 g/mol. The zero-order chi connectivity index (χ0) is 18.8. The van der Waals surface area contributed by atoms with Crippen molar-refractivity contribution in [3.05, 3.63) is 65.0 Å². The number of amides is 2. The molecule has 0 atom stereocenters. The van der Waals surface area contributed by atoms with Crippen molar-refractivity contribution < 1.29 is 14.0 Å². The highest BCUT2D eigenvalue weighted by Crippen LogP contribution is 2.20. The largest absolute Gasteiger partial charge is 0.348 e. The Morgan fingerprint density at radius 1 is 1.19 bits per heavy atom. The Bertz CT molecular complexity index is 1000. The van der Waals surface area contributed by atoms with E-state index in [9.17, 15) is 14.0 Å². The van der Waals surface area contributed by atoms with Gasteiger partial charge >= 0.3 is 0 Å². The highest BCUT2D eigenvalue weighted by Gasteiger charge is 2.22. The average molecular weight is 375 g/mol. The summed E-state index contributed by atoms with van der Waals surface area (Å²) in [6.45, 7) is 3.67. The molecule has 3 rings (SSSR count). The van der Waals surface area contributed by atoms with Gasteiger partial charge in [0.25, 0.3) is 11.8 Å². The van der Waals surface area contributed by atoms with Crippen LogP contribution in [0.4, 0.5) is 10.1 Å². The topological polar surface area (TPSA) is 75.5 Å². The van der Waals surface area contributed by atoms with Gasteiger partial charge in [-0.15, -0.1) is 0 Å². The third-order valence-corrected chi connectivity index (χ3v) is 3.85. The van der Waals surface area contributed by atoms with Crippen LogP contribution in [0.15, 0.2) is 42.6 Å². The van der Waals surface area contributed by atoms with Crippen molar-refractivity contribution in [3.8, 4) is 0 Å². The number of anilines is 1. The van der Waals surface area contributed by atoms with E-state index in [0.29, 0.717) is 11.2 Å². The van der Waals surface area contributed by atoms with Gasteiger partial charge in [0, 0.05) is 17.9 Å². The third-order valence-electron chi connectivity index (χ3n) is 3.56. The number of pyridine rings is 1. The second-order valence-corrected chi connectivity index (χ2v) is 6.36. The molecule has 0 saturated heterocycles. The van der Waals surface area contributed by atoms with Gasteiger partial charge in [0.15, 0.2) is 5.69 Å². The van der Waals surface area contributed by atoms with Crippen LogP contribution in [0.1, 0.15) is 35.0 Å². The molecule has 0 fully saturated rings. The molecule has 2 heterocycles. The van der Waals surface area contributed by atoms with E-state index in [2.05, 4.69) is 15.6 Å². The highest BCUT2D eigenvalue weighted by molar-refractivity contribution is 6.31. The average Bonchev–Trinajstić information content (AvgIpc) is 2.97. The first kappa shape index (κ1) is 17.9. The number of halogens is 2. The summed E-state index contributed by atoms with van der Waals surface area (Å²) in [7, 11) is 0. The van der Waals surface area contributed by atoms with E-state index in [0.717, 1.165) is 6.07 Å². The Morgan fingerprint density at radius 3 is 2.65 bits per heavy atom. The van der Waals surface area contributed by atoms with E-state index >= 15 is 0 Å². The van der Waals surface area contributed by atoms with Crippen molar-refractivity contribution in [1.82, 2.24) is 14.7 Å². The number of imidazole rings is 1. The first-order valence-corrected chi connectivity index (χ1v) is 8.29. The first-order chi connectivity index (χ1) is 12.4. The van der Waals surface area contributed by atoms with Crippen LogP contribution in [0.3, 0.4) is 0 Å². The van der Waals surface area contributed by atoms with Crippen LogP contribution in [0.2, 0.25) is 5.02 Å². The van der Waals surface area contributed by atoms with Crippen molar-refractivity contribution in [2.45, 2.75) is 19.9 Å². The molecule has 0 bridgehead atoms. The minimum absolute atomic E-state index is 0.0370. The minimum atomic E-state index is -0.580. The number of carbonyl (C=O) groups is 2. The van der Waals surface area contributed by atoms with Gasteiger partial charge in [-0.2, -0.15) is 0 Å². The summed E-state index contributed by atoms with van der Waals surface area (Å²) >= 11 is 5.73. The van der Waals surface area contributed by atoms with Gasteiger partial charge in [-0.25, -0.2) is 9.37 Å². The zero-order valence-corrected chi connectivity index (χ0v) is 14.8. The number of nitrogens with one attached hydrogen (secondary N) is 2. The first-order valence-electron chi connectivity index (χ1n) is 7.91. The maximum absolute atomic E-state index is 13.3. The second kappa shape index (κ2) is 7.13. The SMILES string of the molecule is CC(C)NC(=O)c1nc(C(=O)Nc2ccc(F)c(Cl)c2)n2ccccc12. The van der Waals surface area contributed by atoms with Crippen LogP contribution in [0.5, 0.6) is 0 Å². The summed E-state index contributed by atoms with van der Waals surface area (Å²) in [6, 6.07) is 8.96. The summed E-state index contributed by atoms with van der Waals surface area (Å²) in [5.74, 6) is -1.46. The fraction of sp³-hybridized carbons (Fsp3) is 0.167. The van der Waals surface area contributed by atoms with Crippen molar-refractivity contribution in [3.63, 3.8) is 0 Å². The van der Waals surface area contributed by atoms with Gasteiger partial charge in [0.2, 0.25) is 5.82 Å². The second-order valence-electron chi connectivity index (χ2n) is 5.95. The van der Waals surface area contributed by atoms with E-state index < -0.39 is 11.7 Å². The predicted molar refractivity (Wildman–Crippen MR) is 97.2 cm³/mol. The van der Waals surface area contributed by atoms with E-state index in [1.54, 1.807) is 24.4 Å². The van der Waals surface area contributed by atoms with Crippen LogP contribution >= 0.6 is 11.6 Å². The molecule has 0 aliphatic carbocycles. The smallest absolute Gasteiger partial charge is 0.292 e. The predicted octanol–water partition coefficient (Wildman–Crippen LogP) is 3.52. The van der Waals surface area contributed by atoms with Gasteiger partial charge < -0.3 is 10.6 Å². The molecule has 1 aromatic carbocycles. The van der Waals surface area contributed by atoms with Crippen molar-refractivity contribution in [2.75, 3.05) is 5.32 Å². The lowest BCUT2D eigenvalue weighted by Gasteiger charge is -2.06. The minimum Gasteiger partial charge on any atom is -0.348 e.